The molecule has 0 aromatic heterocycles. The van der Waals surface area contributed by atoms with E-state index in [1.54, 1.807) is 25.1 Å². The molecule has 0 spiro atoms. The number of aliphatic hydroxyl groups is 1. The molecule has 5 heteroatoms. The Hall–Kier alpha value is -2.01. The number of hydrogen-bond acceptors (Lipinski definition) is 3. The van der Waals surface area contributed by atoms with Crippen molar-refractivity contribution in [3.8, 4) is 5.75 Å². The number of hydrogen-bond donors (Lipinski definition) is 3. The van der Waals surface area contributed by atoms with Crippen molar-refractivity contribution in [2.24, 2.45) is 0 Å². The van der Waals surface area contributed by atoms with Crippen LogP contribution in [-0.2, 0) is 0 Å². The average molecular weight is 292 g/mol. The van der Waals surface area contributed by atoms with Crippen LogP contribution in [0.5, 0.6) is 5.75 Å². The number of nitrogens with one attached hydrogen (secondary N) is 2. The lowest BCUT2D eigenvalue weighted by molar-refractivity contribution is 0.172. The minimum Gasteiger partial charge on any atom is -0.489 e. The highest BCUT2D eigenvalue weighted by Gasteiger charge is 2.23. The fourth-order valence-electron chi connectivity index (χ4n) is 1.55. The Morgan fingerprint density at radius 2 is 2.19 bits per heavy atom. The molecule has 0 aliphatic rings. The number of anilines is 1. The number of carbonyl (C=O) groups is 1. The first kappa shape index (κ1) is 17.0. The molecule has 0 aliphatic heterocycles. The van der Waals surface area contributed by atoms with Crippen LogP contribution in [0.25, 0.3) is 0 Å². The van der Waals surface area contributed by atoms with Gasteiger partial charge in [-0.1, -0.05) is 19.6 Å². The second-order valence-corrected chi connectivity index (χ2v) is 5.43. The molecule has 0 aliphatic carbocycles. The first-order valence-corrected chi connectivity index (χ1v) is 6.96. The normalized spacial score (nSPS) is 13.1. The lowest BCUT2D eigenvalue weighted by Gasteiger charge is -2.27. The maximum atomic E-state index is 11.9. The van der Waals surface area contributed by atoms with E-state index in [4.69, 9.17) is 4.74 Å². The molecule has 0 fully saturated rings. The smallest absolute Gasteiger partial charge is 0.319 e. The van der Waals surface area contributed by atoms with Gasteiger partial charge in [-0.15, -0.1) is 0 Å². The molecular weight excluding hydrogens is 268 g/mol. The largest absolute Gasteiger partial charge is 0.489 e. The Morgan fingerprint density at radius 3 is 2.76 bits per heavy atom. The SMILES string of the molecule is C=C(C)COc1cccc(NC(=O)NC(C)(CC)CO)c1. The monoisotopic (exact) mass is 292 g/mol. The van der Waals surface area contributed by atoms with Gasteiger partial charge in [-0.05, 0) is 38.0 Å². The predicted octanol–water partition coefficient (Wildman–Crippen LogP) is 2.92. The molecule has 0 saturated carbocycles. The minimum atomic E-state index is -0.627. The van der Waals surface area contributed by atoms with Crippen LogP contribution < -0.4 is 15.4 Å². The number of aliphatic hydroxyl groups excluding tert-OH is 1. The van der Waals surface area contributed by atoms with Crippen LogP contribution in [0.15, 0.2) is 36.4 Å². The fraction of sp³-hybridized carbons (Fsp3) is 0.438. The van der Waals surface area contributed by atoms with Crippen molar-refractivity contribution >= 4 is 11.7 Å². The summed E-state index contributed by atoms with van der Waals surface area (Å²) < 4.78 is 5.52. The third-order valence-electron chi connectivity index (χ3n) is 3.12. The Morgan fingerprint density at radius 1 is 1.48 bits per heavy atom. The van der Waals surface area contributed by atoms with Crippen molar-refractivity contribution in [3.05, 3.63) is 36.4 Å². The van der Waals surface area contributed by atoms with E-state index < -0.39 is 5.54 Å². The Kier molecular flexibility index (Phi) is 6.24. The minimum absolute atomic E-state index is 0.112. The van der Waals surface area contributed by atoms with Crippen LogP contribution in [0.1, 0.15) is 27.2 Å². The summed E-state index contributed by atoms with van der Waals surface area (Å²) in [6.07, 6.45) is 0.638. The summed E-state index contributed by atoms with van der Waals surface area (Å²) in [5.74, 6) is 0.663. The standard InChI is InChI=1S/C16H24N2O3/c1-5-16(4,11-19)18-15(20)17-13-7-6-8-14(9-13)21-10-12(2)3/h6-9,19H,2,5,10-11H2,1,3-4H3,(H2,17,18,20). The number of rotatable bonds is 7. The Balaban J connectivity index is 2.64. The number of urea groups is 1. The van der Waals surface area contributed by atoms with Crippen LogP contribution >= 0.6 is 0 Å². The summed E-state index contributed by atoms with van der Waals surface area (Å²) >= 11 is 0. The van der Waals surface area contributed by atoms with Gasteiger partial charge in [0.05, 0.1) is 12.1 Å². The summed E-state index contributed by atoms with van der Waals surface area (Å²) in [5.41, 5.74) is 0.925. The molecule has 116 valence electrons. The molecule has 3 N–H and O–H groups in total. The molecule has 1 aromatic rings. The first-order valence-electron chi connectivity index (χ1n) is 6.96. The van der Waals surface area contributed by atoms with Crippen LogP contribution in [0.4, 0.5) is 10.5 Å². The molecule has 1 atom stereocenters. The van der Waals surface area contributed by atoms with Gasteiger partial charge in [-0.25, -0.2) is 4.79 Å². The molecule has 0 saturated heterocycles. The van der Waals surface area contributed by atoms with Gasteiger partial charge in [0.25, 0.3) is 0 Å². The maximum absolute atomic E-state index is 11.9. The van der Waals surface area contributed by atoms with Crippen molar-refractivity contribution in [1.29, 1.82) is 0 Å². The van der Waals surface area contributed by atoms with Gasteiger partial charge >= 0.3 is 6.03 Å². The van der Waals surface area contributed by atoms with Gasteiger partial charge in [0.2, 0.25) is 0 Å². The van der Waals surface area contributed by atoms with E-state index >= 15 is 0 Å². The van der Waals surface area contributed by atoms with E-state index in [0.717, 1.165) is 5.57 Å². The molecule has 0 heterocycles. The van der Waals surface area contributed by atoms with E-state index in [1.807, 2.05) is 19.9 Å². The lowest BCUT2D eigenvalue weighted by atomic mass is 10.0. The van der Waals surface area contributed by atoms with Gasteiger partial charge in [0.15, 0.2) is 0 Å². The van der Waals surface area contributed by atoms with Crippen LogP contribution in [0.2, 0.25) is 0 Å². The molecule has 2 amide bonds. The summed E-state index contributed by atoms with van der Waals surface area (Å²) in [4.78, 5) is 11.9. The molecule has 1 rings (SSSR count). The highest BCUT2D eigenvalue weighted by atomic mass is 16.5. The van der Waals surface area contributed by atoms with Gasteiger partial charge in [0, 0.05) is 11.8 Å². The van der Waals surface area contributed by atoms with Gasteiger partial charge in [0.1, 0.15) is 12.4 Å². The van der Waals surface area contributed by atoms with Gasteiger partial charge in [-0.2, -0.15) is 0 Å². The van der Waals surface area contributed by atoms with Gasteiger partial charge < -0.3 is 20.5 Å². The molecule has 0 bridgehead atoms. The third kappa shape index (κ3) is 5.87. The van der Waals surface area contributed by atoms with Crippen LogP contribution in [-0.4, -0.2) is 29.9 Å². The van der Waals surface area contributed by atoms with E-state index in [0.29, 0.717) is 24.5 Å². The zero-order chi connectivity index (χ0) is 15.9. The van der Waals surface area contributed by atoms with E-state index in [2.05, 4.69) is 17.2 Å². The highest BCUT2D eigenvalue weighted by Crippen LogP contribution is 2.18. The van der Waals surface area contributed by atoms with Gasteiger partial charge in [-0.3, -0.25) is 0 Å². The second kappa shape index (κ2) is 7.69. The quantitative estimate of drug-likeness (QED) is 0.677. The first-order chi connectivity index (χ1) is 9.88. The van der Waals surface area contributed by atoms with Crippen molar-refractivity contribution in [2.75, 3.05) is 18.5 Å². The van der Waals surface area contributed by atoms with Crippen molar-refractivity contribution in [2.45, 2.75) is 32.7 Å². The summed E-state index contributed by atoms with van der Waals surface area (Å²) in [5, 5.41) is 14.8. The Bertz CT molecular complexity index is 496. The molecule has 0 radical (unpaired) electrons. The number of amides is 2. The zero-order valence-electron chi connectivity index (χ0n) is 12.9. The van der Waals surface area contributed by atoms with Crippen LogP contribution in [0.3, 0.4) is 0 Å². The third-order valence-corrected chi connectivity index (χ3v) is 3.12. The summed E-state index contributed by atoms with van der Waals surface area (Å²) in [6.45, 7) is 9.68. The van der Waals surface area contributed by atoms with Crippen molar-refractivity contribution < 1.29 is 14.6 Å². The summed E-state index contributed by atoms with van der Waals surface area (Å²) in [6, 6.07) is 6.77. The molecule has 21 heavy (non-hydrogen) atoms. The number of carbonyl (C=O) groups excluding carboxylic acids is 1. The summed E-state index contributed by atoms with van der Waals surface area (Å²) in [7, 11) is 0. The molecule has 5 nitrogen and oxygen atoms in total. The topological polar surface area (TPSA) is 70.6 Å². The van der Waals surface area contributed by atoms with Crippen molar-refractivity contribution in [3.63, 3.8) is 0 Å². The van der Waals surface area contributed by atoms with Crippen LogP contribution in [0, 0.1) is 0 Å². The fourth-order valence-corrected chi connectivity index (χ4v) is 1.55. The van der Waals surface area contributed by atoms with E-state index in [1.165, 1.54) is 0 Å². The average Bonchev–Trinajstić information content (AvgIpc) is 2.45. The second-order valence-electron chi connectivity index (χ2n) is 5.43. The lowest BCUT2D eigenvalue weighted by Crippen LogP contribution is -2.50. The molecule has 1 aromatic carbocycles. The van der Waals surface area contributed by atoms with E-state index in [-0.39, 0.29) is 12.6 Å². The number of ether oxygens (including phenoxy) is 1. The highest BCUT2D eigenvalue weighted by molar-refractivity contribution is 5.89. The predicted molar refractivity (Wildman–Crippen MR) is 84.7 cm³/mol. The van der Waals surface area contributed by atoms with Crippen molar-refractivity contribution in [1.82, 2.24) is 5.32 Å². The molecule has 1 unspecified atom stereocenters. The Labute approximate surface area is 126 Å². The van der Waals surface area contributed by atoms with E-state index in [9.17, 15) is 9.90 Å². The maximum Gasteiger partial charge on any atom is 0.319 e. The molecular formula is C16H24N2O3. The number of benzene rings is 1. The zero-order valence-corrected chi connectivity index (χ0v) is 12.9.